The van der Waals surface area contributed by atoms with Gasteiger partial charge in [-0.3, -0.25) is 4.79 Å². The van der Waals surface area contributed by atoms with Gasteiger partial charge in [-0.2, -0.15) is 11.8 Å². The minimum Gasteiger partial charge on any atom is -0.341 e. The smallest absolute Gasteiger partial charge is 0.234 e. The van der Waals surface area contributed by atoms with E-state index < -0.39 is 0 Å². The molecule has 2 aliphatic rings. The lowest BCUT2D eigenvalue weighted by atomic mass is 9.82. The first kappa shape index (κ1) is 16.7. The molecule has 5 heteroatoms. The molecule has 2 aromatic heterocycles. The van der Waals surface area contributed by atoms with Gasteiger partial charge in [-0.15, -0.1) is 22.7 Å². The Kier molecular flexibility index (Phi) is 5.02. The summed E-state index contributed by atoms with van der Waals surface area (Å²) < 4.78 is 0. The zero-order valence-corrected chi connectivity index (χ0v) is 16.2. The Bertz CT molecular complexity index is 659. The standard InChI is InChI=1S/C19H23NOS3/c21-18(19(8-1-2-9-19)17-6-4-13-24-17)20-10-7-16(23-14-11-20)15-5-3-12-22-15/h3-6,12-13,16H,1-2,7-11,14H2/t16-/m0/s1. The summed E-state index contributed by atoms with van der Waals surface area (Å²) in [4.78, 5) is 18.4. The lowest BCUT2D eigenvalue weighted by molar-refractivity contribution is -0.137. The van der Waals surface area contributed by atoms with Crippen molar-refractivity contribution >= 4 is 40.3 Å². The number of nitrogens with zero attached hydrogens (tertiary/aromatic N) is 1. The maximum absolute atomic E-state index is 13.5. The third-order valence-corrected chi connectivity index (χ3v) is 8.87. The first-order valence-corrected chi connectivity index (χ1v) is 11.6. The molecule has 128 valence electrons. The van der Waals surface area contributed by atoms with Crippen LogP contribution in [0.4, 0.5) is 0 Å². The summed E-state index contributed by atoms with van der Waals surface area (Å²) in [5, 5.41) is 4.84. The Morgan fingerprint density at radius 1 is 1.08 bits per heavy atom. The van der Waals surface area contributed by atoms with Crippen LogP contribution in [0, 0.1) is 0 Å². The SMILES string of the molecule is O=C(N1CCS[C@H](c2cccs2)CC1)C1(c2cccs2)CCCC1. The Morgan fingerprint density at radius 3 is 2.58 bits per heavy atom. The maximum Gasteiger partial charge on any atom is 0.234 e. The van der Waals surface area contributed by atoms with E-state index in [0.29, 0.717) is 11.2 Å². The van der Waals surface area contributed by atoms with Gasteiger partial charge in [-0.05, 0) is 42.2 Å². The third kappa shape index (κ3) is 3.06. The minimum absolute atomic E-state index is 0.221. The van der Waals surface area contributed by atoms with Crippen LogP contribution in [-0.4, -0.2) is 29.6 Å². The van der Waals surface area contributed by atoms with E-state index >= 15 is 0 Å². The molecule has 0 bridgehead atoms. The van der Waals surface area contributed by atoms with Crippen LogP contribution in [0.15, 0.2) is 35.0 Å². The Balaban J connectivity index is 1.51. The predicted octanol–water partition coefficient (Wildman–Crippen LogP) is 5.33. The number of carbonyl (C=O) groups excluding carboxylic acids is 1. The van der Waals surface area contributed by atoms with E-state index in [2.05, 4.69) is 39.9 Å². The van der Waals surface area contributed by atoms with Crippen LogP contribution in [0.1, 0.15) is 47.1 Å². The highest BCUT2D eigenvalue weighted by Gasteiger charge is 2.45. The summed E-state index contributed by atoms with van der Waals surface area (Å²) in [5.74, 6) is 1.45. The molecule has 1 amide bonds. The molecule has 1 atom stereocenters. The molecule has 1 aliphatic carbocycles. The van der Waals surface area contributed by atoms with E-state index in [4.69, 9.17) is 0 Å². The Labute approximate surface area is 156 Å². The average molecular weight is 378 g/mol. The highest BCUT2D eigenvalue weighted by Crippen LogP contribution is 2.45. The number of thioether (sulfide) groups is 1. The summed E-state index contributed by atoms with van der Waals surface area (Å²) in [6.07, 6.45) is 5.51. The van der Waals surface area contributed by atoms with E-state index in [1.165, 1.54) is 22.6 Å². The molecule has 0 spiro atoms. The zero-order valence-electron chi connectivity index (χ0n) is 13.8. The van der Waals surface area contributed by atoms with Crippen LogP contribution in [-0.2, 0) is 10.2 Å². The van der Waals surface area contributed by atoms with Crippen molar-refractivity contribution < 1.29 is 4.79 Å². The van der Waals surface area contributed by atoms with Crippen LogP contribution in [0.5, 0.6) is 0 Å². The van der Waals surface area contributed by atoms with Crippen molar-refractivity contribution in [3.8, 4) is 0 Å². The first-order chi connectivity index (χ1) is 11.8. The van der Waals surface area contributed by atoms with Crippen LogP contribution >= 0.6 is 34.4 Å². The van der Waals surface area contributed by atoms with Gasteiger partial charge in [0.05, 0.1) is 5.41 Å². The highest BCUT2D eigenvalue weighted by molar-refractivity contribution is 7.99. The van der Waals surface area contributed by atoms with E-state index in [0.717, 1.165) is 38.1 Å². The topological polar surface area (TPSA) is 20.3 Å². The summed E-state index contributed by atoms with van der Waals surface area (Å²) >= 11 is 5.63. The van der Waals surface area contributed by atoms with Crippen molar-refractivity contribution in [2.24, 2.45) is 0 Å². The zero-order chi connectivity index (χ0) is 16.4. The molecule has 0 radical (unpaired) electrons. The van der Waals surface area contributed by atoms with Gasteiger partial charge in [0.1, 0.15) is 0 Å². The van der Waals surface area contributed by atoms with E-state index in [1.54, 1.807) is 11.3 Å². The summed E-state index contributed by atoms with van der Waals surface area (Å²) in [6, 6.07) is 8.65. The Hall–Kier alpha value is -0.780. The van der Waals surface area contributed by atoms with Crippen molar-refractivity contribution in [3.63, 3.8) is 0 Å². The van der Waals surface area contributed by atoms with Crippen molar-refractivity contribution in [2.45, 2.75) is 42.8 Å². The lowest BCUT2D eigenvalue weighted by Gasteiger charge is -2.33. The number of hydrogen-bond donors (Lipinski definition) is 0. The van der Waals surface area contributed by atoms with E-state index in [1.807, 2.05) is 23.1 Å². The second kappa shape index (κ2) is 7.22. The normalized spacial score (nSPS) is 24.0. The van der Waals surface area contributed by atoms with Gasteiger partial charge in [-0.25, -0.2) is 0 Å². The number of amides is 1. The number of thiophene rings is 2. The lowest BCUT2D eigenvalue weighted by Crippen LogP contribution is -2.46. The summed E-state index contributed by atoms with van der Waals surface area (Å²) in [6.45, 7) is 1.81. The summed E-state index contributed by atoms with van der Waals surface area (Å²) in [7, 11) is 0. The molecule has 0 unspecified atom stereocenters. The van der Waals surface area contributed by atoms with E-state index in [9.17, 15) is 4.79 Å². The van der Waals surface area contributed by atoms with Gasteiger partial charge in [0.25, 0.3) is 0 Å². The minimum atomic E-state index is -0.221. The Morgan fingerprint density at radius 2 is 1.88 bits per heavy atom. The van der Waals surface area contributed by atoms with Crippen molar-refractivity contribution in [3.05, 3.63) is 44.8 Å². The fourth-order valence-electron chi connectivity index (χ4n) is 4.07. The largest absolute Gasteiger partial charge is 0.341 e. The van der Waals surface area contributed by atoms with Crippen molar-refractivity contribution in [2.75, 3.05) is 18.8 Å². The predicted molar refractivity (Wildman–Crippen MR) is 105 cm³/mol. The van der Waals surface area contributed by atoms with Crippen molar-refractivity contribution in [1.82, 2.24) is 4.90 Å². The molecule has 3 heterocycles. The van der Waals surface area contributed by atoms with Crippen LogP contribution in [0.2, 0.25) is 0 Å². The van der Waals surface area contributed by atoms with Gasteiger partial charge in [0.2, 0.25) is 5.91 Å². The molecule has 1 saturated heterocycles. The molecule has 0 N–H and O–H groups in total. The quantitative estimate of drug-likeness (QED) is 0.721. The molecule has 4 rings (SSSR count). The fraction of sp³-hybridized carbons (Fsp3) is 0.526. The fourth-order valence-corrected chi connectivity index (χ4v) is 7.29. The summed E-state index contributed by atoms with van der Waals surface area (Å²) in [5.41, 5.74) is -0.221. The van der Waals surface area contributed by atoms with Gasteiger partial charge in [0, 0.05) is 33.8 Å². The van der Waals surface area contributed by atoms with E-state index in [-0.39, 0.29) is 5.41 Å². The molecule has 2 fully saturated rings. The molecule has 1 saturated carbocycles. The molecule has 1 aliphatic heterocycles. The molecule has 2 nitrogen and oxygen atoms in total. The maximum atomic E-state index is 13.5. The molecular weight excluding hydrogens is 354 g/mol. The van der Waals surface area contributed by atoms with Crippen LogP contribution < -0.4 is 0 Å². The van der Waals surface area contributed by atoms with Crippen molar-refractivity contribution in [1.29, 1.82) is 0 Å². The van der Waals surface area contributed by atoms with Crippen LogP contribution in [0.3, 0.4) is 0 Å². The van der Waals surface area contributed by atoms with Gasteiger partial charge in [-0.1, -0.05) is 25.0 Å². The number of hydrogen-bond acceptors (Lipinski definition) is 4. The molecular formula is C19H23NOS3. The monoisotopic (exact) mass is 377 g/mol. The first-order valence-electron chi connectivity index (χ1n) is 8.78. The van der Waals surface area contributed by atoms with Gasteiger partial charge in [0.15, 0.2) is 0 Å². The number of carbonyl (C=O) groups is 1. The second-order valence-corrected chi connectivity index (χ2v) is 9.96. The highest BCUT2D eigenvalue weighted by atomic mass is 32.2. The van der Waals surface area contributed by atoms with Gasteiger partial charge < -0.3 is 4.90 Å². The van der Waals surface area contributed by atoms with Gasteiger partial charge >= 0.3 is 0 Å². The second-order valence-electron chi connectivity index (χ2n) is 6.72. The third-order valence-electron chi connectivity index (χ3n) is 5.35. The van der Waals surface area contributed by atoms with Crippen LogP contribution in [0.25, 0.3) is 0 Å². The molecule has 24 heavy (non-hydrogen) atoms. The average Bonchev–Trinajstić information content (AvgIpc) is 3.34. The number of rotatable bonds is 3. The molecule has 2 aromatic rings. The molecule has 0 aromatic carbocycles.